The number of carboxylic acids is 1. The van der Waals surface area contributed by atoms with Crippen LogP contribution in [0, 0.1) is 5.92 Å². The van der Waals surface area contributed by atoms with Crippen molar-refractivity contribution in [2.45, 2.75) is 26.3 Å². The number of hydrogen-bond acceptors (Lipinski definition) is 5. The number of aromatic nitrogens is 1. The van der Waals surface area contributed by atoms with Crippen LogP contribution >= 0.6 is 0 Å². The Morgan fingerprint density at radius 1 is 1.15 bits per heavy atom. The molecule has 0 saturated carbocycles. The standard InChI is InChI=1S/C20H21N3O4/c1-12(2)10-16(19(24)25)23-20(26)21-14-7-5-6-13(11-14)18-22-15-8-3-4-9-17(15)27-18/h3-9,11-12,16H,10H2,1-2H3,(H,24,25)(H2,21,23,26)/p-1/t16-/m0/s1. The Kier molecular flexibility index (Phi) is 5.40. The number of benzene rings is 2. The summed E-state index contributed by atoms with van der Waals surface area (Å²) in [5.74, 6) is -0.762. The molecular weight excluding hydrogens is 346 g/mol. The van der Waals surface area contributed by atoms with Gasteiger partial charge in [0.15, 0.2) is 5.58 Å². The molecule has 0 aliphatic heterocycles. The molecule has 1 heterocycles. The zero-order chi connectivity index (χ0) is 19.4. The average molecular weight is 366 g/mol. The number of anilines is 1. The van der Waals surface area contributed by atoms with Gasteiger partial charge in [-0.1, -0.05) is 32.0 Å². The largest absolute Gasteiger partial charge is 0.548 e. The number of carboxylic acid groups (broad SMARTS) is 1. The molecule has 1 atom stereocenters. The fraction of sp³-hybridized carbons (Fsp3) is 0.250. The fourth-order valence-electron chi connectivity index (χ4n) is 2.74. The molecule has 2 N–H and O–H groups in total. The number of nitrogens with zero attached hydrogens (tertiary/aromatic N) is 1. The maximum absolute atomic E-state index is 12.1. The zero-order valence-corrected chi connectivity index (χ0v) is 15.1. The van der Waals surface area contributed by atoms with Crippen molar-refractivity contribution in [1.29, 1.82) is 0 Å². The van der Waals surface area contributed by atoms with Gasteiger partial charge in [-0.3, -0.25) is 0 Å². The molecule has 3 rings (SSSR count). The van der Waals surface area contributed by atoms with Crippen LogP contribution in [-0.2, 0) is 4.79 Å². The summed E-state index contributed by atoms with van der Waals surface area (Å²) in [5.41, 5.74) is 2.61. The van der Waals surface area contributed by atoms with E-state index in [4.69, 9.17) is 4.42 Å². The van der Waals surface area contributed by atoms with Crippen LogP contribution in [0.15, 0.2) is 52.9 Å². The van der Waals surface area contributed by atoms with Gasteiger partial charge in [0.25, 0.3) is 0 Å². The second-order valence-corrected chi connectivity index (χ2v) is 6.67. The lowest BCUT2D eigenvalue weighted by Gasteiger charge is -2.21. The van der Waals surface area contributed by atoms with E-state index in [-0.39, 0.29) is 5.92 Å². The van der Waals surface area contributed by atoms with Gasteiger partial charge < -0.3 is 25.0 Å². The lowest BCUT2D eigenvalue weighted by atomic mass is 10.0. The molecule has 7 heteroatoms. The van der Waals surface area contributed by atoms with Gasteiger partial charge in [0.05, 0.1) is 12.0 Å². The average Bonchev–Trinajstić information content (AvgIpc) is 3.05. The van der Waals surface area contributed by atoms with Crippen LogP contribution in [0.1, 0.15) is 20.3 Å². The summed E-state index contributed by atoms with van der Waals surface area (Å²) >= 11 is 0. The molecule has 0 saturated heterocycles. The first-order chi connectivity index (χ1) is 12.9. The minimum atomic E-state index is -1.31. The first kappa shape index (κ1) is 18.4. The van der Waals surface area contributed by atoms with Gasteiger partial charge in [-0.2, -0.15) is 0 Å². The predicted molar refractivity (Wildman–Crippen MR) is 99.8 cm³/mol. The van der Waals surface area contributed by atoms with E-state index in [1.807, 2.05) is 44.2 Å². The number of amides is 2. The van der Waals surface area contributed by atoms with Gasteiger partial charge >= 0.3 is 6.03 Å². The third-order valence-electron chi connectivity index (χ3n) is 3.96. The van der Waals surface area contributed by atoms with E-state index in [0.717, 1.165) is 5.52 Å². The molecule has 0 spiro atoms. The highest BCUT2D eigenvalue weighted by atomic mass is 16.4. The SMILES string of the molecule is CC(C)C[C@H](NC(=O)Nc1cccc(-c2nc3ccccc3o2)c1)C(=O)[O-]. The van der Waals surface area contributed by atoms with E-state index in [0.29, 0.717) is 29.1 Å². The number of carbonyl (C=O) groups is 2. The van der Waals surface area contributed by atoms with Crippen molar-refractivity contribution >= 4 is 28.8 Å². The third kappa shape index (κ3) is 4.63. The highest BCUT2D eigenvalue weighted by Crippen LogP contribution is 2.26. The Balaban J connectivity index is 1.73. The molecule has 0 aliphatic carbocycles. The predicted octanol–water partition coefficient (Wildman–Crippen LogP) is 2.78. The summed E-state index contributed by atoms with van der Waals surface area (Å²) in [7, 11) is 0. The van der Waals surface area contributed by atoms with Crippen LogP contribution in [0.5, 0.6) is 0 Å². The number of carbonyl (C=O) groups excluding carboxylic acids is 2. The van der Waals surface area contributed by atoms with Gasteiger partial charge in [-0.25, -0.2) is 9.78 Å². The van der Waals surface area contributed by atoms with Crippen LogP contribution in [-0.4, -0.2) is 23.0 Å². The molecule has 7 nitrogen and oxygen atoms in total. The number of nitrogens with one attached hydrogen (secondary N) is 2. The molecule has 140 valence electrons. The Labute approximate surface area is 156 Å². The highest BCUT2D eigenvalue weighted by Gasteiger charge is 2.15. The molecule has 27 heavy (non-hydrogen) atoms. The monoisotopic (exact) mass is 366 g/mol. The second kappa shape index (κ2) is 7.90. The summed E-state index contributed by atoms with van der Waals surface area (Å²) in [4.78, 5) is 27.7. The second-order valence-electron chi connectivity index (χ2n) is 6.67. The van der Waals surface area contributed by atoms with E-state index in [1.165, 1.54) is 0 Å². The first-order valence-corrected chi connectivity index (χ1v) is 8.67. The van der Waals surface area contributed by atoms with Crippen LogP contribution in [0.25, 0.3) is 22.6 Å². The van der Waals surface area contributed by atoms with Crippen molar-refractivity contribution in [3.8, 4) is 11.5 Å². The maximum atomic E-state index is 12.1. The zero-order valence-electron chi connectivity index (χ0n) is 15.1. The van der Waals surface area contributed by atoms with Crippen molar-refractivity contribution in [2.75, 3.05) is 5.32 Å². The first-order valence-electron chi connectivity index (χ1n) is 8.67. The van der Waals surface area contributed by atoms with Crippen molar-refractivity contribution in [3.05, 3.63) is 48.5 Å². The molecule has 3 aromatic rings. The molecular formula is C20H20N3O4-. The molecule has 0 fully saturated rings. The quantitative estimate of drug-likeness (QED) is 0.697. The van der Waals surface area contributed by atoms with Gasteiger partial charge in [-0.05, 0) is 42.7 Å². The van der Waals surface area contributed by atoms with Crippen molar-refractivity contribution < 1.29 is 19.1 Å². The molecule has 0 radical (unpaired) electrons. The minimum absolute atomic E-state index is 0.107. The number of hydrogen-bond donors (Lipinski definition) is 2. The van der Waals surface area contributed by atoms with Crippen molar-refractivity contribution in [1.82, 2.24) is 10.3 Å². The van der Waals surface area contributed by atoms with E-state index < -0.39 is 18.0 Å². The van der Waals surface area contributed by atoms with E-state index in [1.54, 1.807) is 18.2 Å². The number of para-hydroxylation sites is 2. The Bertz CT molecular complexity index is 932. The topological polar surface area (TPSA) is 107 Å². The van der Waals surface area contributed by atoms with Gasteiger partial charge in [0.1, 0.15) is 5.52 Å². The molecule has 2 aromatic carbocycles. The molecule has 2 amide bonds. The fourth-order valence-corrected chi connectivity index (χ4v) is 2.74. The number of aliphatic carboxylic acids is 1. The van der Waals surface area contributed by atoms with E-state index in [9.17, 15) is 14.7 Å². The summed E-state index contributed by atoms with van der Waals surface area (Å²) in [6, 6.07) is 12.7. The number of fused-ring (bicyclic) bond motifs is 1. The summed E-state index contributed by atoms with van der Waals surface area (Å²) < 4.78 is 5.73. The summed E-state index contributed by atoms with van der Waals surface area (Å²) in [6.07, 6.45) is 0.290. The van der Waals surface area contributed by atoms with Crippen LogP contribution in [0.4, 0.5) is 10.5 Å². The van der Waals surface area contributed by atoms with Gasteiger partial charge in [0, 0.05) is 11.3 Å². The Morgan fingerprint density at radius 2 is 1.93 bits per heavy atom. The van der Waals surface area contributed by atoms with E-state index >= 15 is 0 Å². The lowest BCUT2D eigenvalue weighted by Crippen LogP contribution is -2.49. The normalized spacial score (nSPS) is 12.1. The van der Waals surface area contributed by atoms with Crippen LogP contribution in [0.2, 0.25) is 0 Å². The number of urea groups is 1. The molecule has 1 aromatic heterocycles. The molecule has 0 unspecified atom stereocenters. The highest BCUT2D eigenvalue weighted by molar-refractivity contribution is 5.92. The van der Waals surface area contributed by atoms with Crippen LogP contribution < -0.4 is 15.7 Å². The van der Waals surface area contributed by atoms with Crippen molar-refractivity contribution in [3.63, 3.8) is 0 Å². The van der Waals surface area contributed by atoms with Crippen molar-refractivity contribution in [2.24, 2.45) is 5.92 Å². The number of rotatable bonds is 6. The maximum Gasteiger partial charge on any atom is 0.319 e. The van der Waals surface area contributed by atoms with Gasteiger partial charge in [-0.15, -0.1) is 0 Å². The summed E-state index contributed by atoms with van der Waals surface area (Å²) in [5, 5.41) is 16.2. The summed E-state index contributed by atoms with van der Waals surface area (Å²) in [6.45, 7) is 3.75. The Hall–Kier alpha value is -3.35. The molecule has 0 bridgehead atoms. The number of oxazole rings is 1. The minimum Gasteiger partial charge on any atom is -0.548 e. The molecule has 0 aliphatic rings. The van der Waals surface area contributed by atoms with E-state index in [2.05, 4.69) is 15.6 Å². The third-order valence-corrected chi connectivity index (χ3v) is 3.96. The smallest absolute Gasteiger partial charge is 0.319 e. The lowest BCUT2D eigenvalue weighted by molar-refractivity contribution is -0.308. The van der Waals surface area contributed by atoms with Crippen LogP contribution in [0.3, 0.4) is 0 Å². The Morgan fingerprint density at radius 3 is 2.63 bits per heavy atom. The van der Waals surface area contributed by atoms with Gasteiger partial charge in [0.2, 0.25) is 5.89 Å².